The largest absolute Gasteiger partial charge is 0.355 e. The van der Waals surface area contributed by atoms with Gasteiger partial charge in [-0.2, -0.15) is 0 Å². The molecular weight excluding hydrogens is 259 g/mol. The highest BCUT2D eigenvalue weighted by molar-refractivity contribution is 7.89. The molecule has 0 saturated carbocycles. The van der Waals surface area contributed by atoms with Crippen LogP contribution in [0, 0.1) is 5.82 Å². The third-order valence-corrected chi connectivity index (χ3v) is 3.78. The van der Waals surface area contributed by atoms with Crippen molar-refractivity contribution in [3.63, 3.8) is 0 Å². The third kappa shape index (κ3) is 2.96. The van der Waals surface area contributed by atoms with Gasteiger partial charge in [-0.15, -0.1) is 0 Å². The molecule has 1 heterocycles. The highest BCUT2D eigenvalue weighted by Gasteiger charge is 2.07. The van der Waals surface area contributed by atoms with E-state index in [9.17, 15) is 12.8 Å². The second-order valence-corrected chi connectivity index (χ2v) is 5.74. The summed E-state index contributed by atoms with van der Waals surface area (Å²) in [5.74, 6) is 0.00639. The predicted octanol–water partition coefficient (Wildman–Crippen LogP) is 0.663. The van der Waals surface area contributed by atoms with E-state index in [2.05, 4.69) is 20.0 Å². The van der Waals surface area contributed by atoms with Gasteiger partial charge in [0.2, 0.25) is 16.0 Å². The van der Waals surface area contributed by atoms with Gasteiger partial charge in [0.05, 0.1) is 16.8 Å². The van der Waals surface area contributed by atoms with Gasteiger partial charge in [-0.05, 0) is 25.2 Å². The first-order chi connectivity index (χ1) is 8.50. The Labute approximate surface area is 104 Å². The van der Waals surface area contributed by atoms with Crippen LogP contribution in [-0.2, 0) is 10.0 Å². The Balaban J connectivity index is 2.04. The highest BCUT2D eigenvalue weighted by atomic mass is 32.2. The van der Waals surface area contributed by atoms with Crippen LogP contribution in [0.4, 0.5) is 10.3 Å². The van der Waals surface area contributed by atoms with E-state index in [0.717, 1.165) is 0 Å². The molecule has 0 bridgehead atoms. The van der Waals surface area contributed by atoms with Gasteiger partial charge >= 0.3 is 0 Å². The van der Waals surface area contributed by atoms with E-state index in [1.165, 1.54) is 19.2 Å². The minimum Gasteiger partial charge on any atom is -0.355 e. The molecule has 2 rings (SSSR count). The summed E-state index contributed by atoms with van der Waals surface area (Å²) in [7, 11) is -1.88. The summed E-state index contributed by atoms with van der Waals surface area (Å²) in [5, 5.41) is 2.84. The number of fused-ring (bicyclic) bond motifs is 1. The molecule has 18 heavy (non-hydrogen) atoms. The number of nitrogens with one attached hydrogen (secondary N) is 3. The number of anilines is 1. The van der Waals surface area contributed by atoms with Crippen LogP contribution in [-0.4, -0.2) is 37.7 Å². The number of imidazole rings is 1. The molecule has 0 radical (unpaired) electrons. The van der Waals surface area contributed by atoms with Crippen LogP contribution in [0.1, 0.15) is 0 Å². The lowest BCUT2D eigenvalue weighted by Crippen LogP contribution is -2.26. The van der Waals surface area contributed by atoms with Crippen molar-refractivity contribution in [2.24, 2.45) is 0 Å². The molecule has 8 heteroatoms. The van der Waals surface area contributed by atoms with Gasteiger partial charge in [0, 0.05) is 6.54 Å². The first-order valence-corrected chi connectivity index (χ1v) is 6.96. The normalized spacial score (nSPS) is 11.9. The second kappa shape index (κ2) is 4.91. The van der Waals surface area contributed by atoms with E-state index in [1.807, 2.05) is 0 Å². The SMILES string of the molecule is CNS(=O)(=O)CCNc1nc2ccc(F)cc2[nH]1. The molecule has 98 valence electrons. The summed E-state index contributed by atoms with van der Waals surface area (Å²) in [6.07, 6.45) is 0. The van der Waals surface area contributed by atoms with E-state index in [0.29, 0.717) is 17.0 Å². The molecule has 0 fully saturated rings. The Kier molecular flexibility index (Phi) is 3.48. The Bertz CT molecular complexity index is 653. The van der Waals surface area contributed by atoms with Crippen LogP contribution in [0.5, 0.6) is 0 Å². The number of aromatic nitrogens is 2. The van der Waals surface area contributed by atoms with Crippen LogP contribution in [0.3, 0.4) is 0 Å². The predicted molar refractivity (Wildman–Crippen MR) is 67.4 cm³/mol. The van der Waals surface area contributed by atoms with Crippen molar-refractivity contribution in [1.29, 1.82) is 0 Å². The fourth-order valence-corrected chi connectivity index (χ4v) is 2.05. The number of hydrogen-bond donors (Lipinski definition) is 3. The average Bonchev–Trinajstić information content (AvgIpc) is 2.70. The average molecular weight is 272 g/mol. The molecule has 0 aliphatic heterocycles. The van der Waals surface area contributed by atoms with Gasteiger partial charge in [0.1, 0.15) is 5.82 Å². The maximum absolute atomic E-state index is 12.9. The smallest absolute Gasteiger partial charge is 0.213 e. The van der Waals surface area contributed by atoms with Crippen LogP contribution in [0.15, 0.2) is 18.2 Å². The number of aromatic amines is 1. The van der Waals surface area contributed by atoms with Crippen molar-refractivity contribution in [2.75, 3.05) is 24.7 Å². The van der Waals surface area contributed by atoms with Gasteiger partial charge in [-0.25, -0.2) is 22.5 Å². The highest BCUT2D eigenvalue weighted by Crippen LogP contribution is 2.15. The number of halogens is 1. The fraction of sp³-hybridized carbons (Fsp3) is 0.300. The summed E-state index contributed by atoms with van der Waals surface area (Å²) >= 11 is 0. The van der Waals surface area contributed by atoms with Crippen LogP contribution >= 0.6 is 0 Å². The van der Waals surface area contributed by atoms with Crippen molar-refractivity contribution >= 4 is 27.0 Å². The first-order valence-electron chi connectivity index (χ1n) is 5.30. The van der Waals surface area contributed by atoms with Gasteiger partial charge in [0.15, 0.2) is 0 Å². The number of sulfonamides is 1. The molecule has 0 saturated heterocycles. The van der Waals surface area contributed by atoms with E-state index in [1.54, 1.807) is 6.07 Å². The summed E-state index contributed by atoms with van der Waals surface area (Å²) in [6.45, 7) is 0.214. The van der Waals surface area contributed by atoms with E-state index < -0.39 is 10.0 Å². The molecule has 6 nitrogen and oxygen atoms in total. The lowest BCUT2D eigenvalue weighted by Gasteiger charge is -2.02. The molecule has 0 aliphatic rings. The first kappa shape index (κ1) is 12.8. The fourth-order valence-electron chi connectivity index (χ4n) is 1.47. The number of nitrogens with zero attached hydrogens (tertiary/aromatic N) is 1. The maximum Gasteiger partial charge on any atom is 0.213 e. The third-order valence-electron chi connectivity index (χ3n) is 2.42. The summed E-state index contributed by atoms with van der Waals surface area (Å²) in [5.41, 5.74) is 1.18. The monoisotopic (exact) mass is 272 g/mol. The van der Waals surface area contributed by atoms with Gasteiger partial charge in [-0.1, -0.05) is 0 Å². The number of hydrogen-bond acceptors (Lipinski definition) is 4. The lowest BCUT2D eigenvalue weighted by molar-refractivity contribution is 0.588. The molecular formula is C10H13FN4O2S. The van der Waals surface area contributed by atoms with Crippen molar-refractivity contribution < 1.29 is 12.8 Å². The molecule has 0 spiro atoms. The van der Waals surface area contributed by atoms with Gasteiger partial charge in [0.25, 0.3) is 0 Å². The van der Waals surface area contributed by atoms with E-state index >= 15 is 0 Å². The number of H-pyrrole nitrogens is 1. The molecule has 0 amide bonds. The zero-order valence-electron chi connectivity index (χ0n) is 9.70. The molecule has 0 unspecified atom stereocenters. The van der Waals surface area contributed by atoms with Crippen LogP contribution in [0.2, 0.25) is 0 Å². The Morgan fingerprint density at radius 1 is 1.44 bits per heavy atom. The molecule has 1 aromatic heterocycles. The Morgan fingerprint density at radius 3 is 2.94 bits per heavy atom. The maximum atomic E-state index is 12.9. The summed E-state index contributed by atoms with van der Waals surface area (Å²) in [6, 6.07) is 4.20. The van der Waals surface area contributed by atoms with Crippen molar-refractivity contribution in [3.05, 3.63) is 24.0 Å². The zero-order valence-corrected chi connectivity index (χ0v) is 10.5. The molecule has 2 aromatic rings. The van der Waals surface area contributed by atoms with Crippen LogP contribution < -0.4 is 10.0 Å². The number of benzene rings is 1. The Hall–Kier alpha value is -1.67. The molecule has 3 N–H and O–H groups in total. The quantitative estimate of drug-likeness (QED) is 0.746. The summed E-state index contributed by atoms with van der Waals surface area (Å²) in [4.78, 5) is 7.01. The van der Waals surface area contributed by atoms with Gasteiger partial charge < -0.3 is 10.3 Å². The number of rotatable bonds is 5. The topological polar surface area (TPSA) is 86.9 Å². The standard InChI is InChI=1S/C10H13FN4O2S/c1-12-18(16,17)5-4-13-10-14-8-3-2-7(11)6-9(8)15-10/h2-3,6,12H,4-5H2,1H3,(H2,13,14,15). The van der Waals surface area contributed by atoms with E-state index in [4.69, 9.17) is 0 Å². The van der Waals surface area contributed by atoms with E-state index in [-0.39, 0.29) is 18.1 Å². The molecule has 0 atom stereocenters. The lowest BCUT2D eigenvalue weighted by atomic mass is 10.3. The zero-order chi connectivity index (χ0) is 13.2. The van der Waals surface area contributed by atoms with Crippen molar-refractivity contribution in [2.45, 2.75) is 0 Å². The van der Waals surface area contributed by atoms with Crippen LogP contribution in [0.25, 0.3) is 11.0 Å². The molecule has 0 aliphatic carbocycles. The van der Waals surface area contributed by atoms with Gasteiger partial charge in [-0.3, -0.25) is 0 Å². The minimum atomic E-state index is -3.24. The Morgan fingerprint density at radius 2 is 2.22 bits per heavy atom. The second-order valence-electron chi connectivity index (χ2n) is 3.70. The summed E-state index contributed by atoms with van der Waals surface area (Å²) < 4.78 is 37.5. The minimum absolute atomic E-state index is 0.0606. The van der Waals surface area contributed by atoms with Crippen molar-refractivity contribution in [3.8, 4) is 0 Å². The molecule has 1 aromatic carbocycles. The van der Waals surface area contributed by atoms with Crippen molar-refractivity contribution in [1.82, 2.24) is 14.7 Å².